The van der Waals surface area contributed by atoms with E-state index in [4.69, 9.17) is 9.47 Å². The second-order valence-corrected chi connectivity index (χ2v) is 5.75. The lowest BCUT2D eigenvalue weighted by Gasteiger charge is -2.26. The van der Waals surface area contributed by atoms with Gasteiger partial charge in [0.15, 0.2) is 11.5 Å². The molecule has 0 aliphatic carbocycles. The molecule has 1 heterocycles. The van der Waals surface area contributed by atoms with E-state index in [1.165, 1.54) is 0 Å². The Morgan fingerprint density at radius 3 is 2.56 bits per heavy atom. The number of nitrogens with one attached hydrogen (secondary N) is 2. The van der Waals surface area contributed by atoms with Crippen molar-refractivity contribution in [2.45, 2.75) is 25.9 Å². The molecule has 0 fully saturated rings. The van der Waals surface area contributed by atoms with Crippen molar-refractivity contribution in [2.75, 3.05) is 6.61 Å². The molecule has 130 valence electrons. The number of amides is 1. The third kappa shape index (κ3) is 4.32. The minimum Gasteiger partial charge on any atom is -0.485 e. The highest BCUT2D eigenvalue weighted by Gasteiger charge is 2.27. The van der Waals surface area contributed by atoms with Crippen molar-refractivity contribution in [2.24, 2.45) is 0 Å². The van der Waals surface area contributed by atoms with Crippen molar-refractivity contribution in [3.05, 3.63) is 66.2 Å². The van der Waals surface area contributed by atoms with Gasteiger partial charge in [-0.1, -0.05) is 61.9 Å². The number of para-hydroxylation sites is 2. The summed E-state index contributed by atoms with van der Waals surface area (Å²) in [5.74, 6) is 0.971. The summed E-state index contributed by atoms with van der Waals surface area (Å²) in [5, 5.41) is 0. The van der Waals surface area contributed by atoms with Crippen molar-refractivity contribution < 1.29 is 14.3 Å². The maximum absolute atomic E-state index is 12.4. The molecule has 3 rings (SSSR count). The van der Waals surface area contributed by atoms with Crippen LogP contribution in [0.2, 0.25) is 0 Å². The molecule has 1 amide bonds. The number of hydrogen-bond donors (Lipinski definition) is 2. The molecule has 1 aliphatic rings. The number of fused-ring (bicyclic) bond motifs is 1. The van der Waals surface area contributed by atoms with Crippen molar-refractivity contribution in [1.82, 2.24) is 10.9 Å². The van der Waals surface area contributed by atoms with Gasteiger partial charge in [-0.05, 0) is 24.1 Å². The smallest absolute Gasteiger partial charge is 0.282 e. The predicted octanol–water partition coefficient (Wildman–Crippen LogP) is 3.29. The first-order valence-electron chi connectivity index (χ1n) is 8.48. The summed E-state index contributed by atoms with van der Waals surface area (Å²) in [5.41, 5.74) is 7.63. The molecule has 0 spiro atoms. The van der Waals surface area contributed by atoms with Gasteiger partial charge in [-0.25, -0.2) is 0 Å². The highest BCUT2D eigenvalue weighted by molar-refractivity contribution is 5.82. The summed E-state index contributed by atoms with van der Waals surface area (Å²) in [4.78, 5) is 12.4. The number of rotatable bonds is 6. The fourth-order valence-electron chi connectivity index (χ4n) is 2.51. The highest BCUT2D eigenvalue weighted by Crippen LogP contribution is 2.30. The van der Waals surface area contributed by atoms with Crippen molar-refractivity contribution in [3.8, 4) is 11.5 Å². The molecule has 0 bridgehead atoms. The van der Waals surface area contributed by atoms with Gasteiger partial charge in [-0.3, -0.25) is 15.6 Å². The van der Waals surface area contributed by atoms with Crippen LogP contribution in [0.5, 0.6) is 11.5 Å². The third-order valence-corrected chi connectivity index (χ3v) is 3.84. The van der Waals surface area contributed by atoms with Gasteiger partial charge in [0.1, 0.15) is 6.61 Å². The van der Waals surface area contributed by atoms with E-state index in [9.17, 15) is 4.79 Å². The summed E-state index contributed by atoms with van der Waals surface area (Å²) in [6.07, 6.45) is 3.33. The zero-order chi connectivity index (χ0) is 17.5. The zero-order valence-corrected chi connectivity index (χ0v) is 14.2. The Kier molecular flexibility index (Phi) is 5.57. The number of allylic oxidation sites excluding steroid dienone is 1. The Morgan fingerprint density at radius 2 is 1.80 bits per heavy atom. The van der Waals surface area contributed by atoms with Crippen LogP contribution >= 0.6 is 0 Å². The van der Waals surface area contributed by atoms with Gasteiger partial charge in [0.2, 0.25) is 6.10 Å². The molecular weight excluding hydrogens is 316 g/mol. The van der Waals surface area contributed by atoms with Gasteiger partial charge in [0.05, 0.1) is 5.70 Å². The minimum atomic E-state index is -0.689. The van der Waals surface area contributed by atoms with Crippen molar-refractivity contribution in [1.29, 1.82) is 0 Å². The summed E-state index contributed by atoms with van der Waals surface area (Å²) in [6.45, 7) is 2.30. The van der Waals surface area contributed by atoms with E-state index in [-0.39, 0.29) is 12.5 Å². The lowest BCUT2D eigenvalue weighted by atomic mass is 10.1. The summed E-state index contributed by atoms with van der Waals surface area (Å²) >= 11 is 0. The van der Waals surface area contributed by atoms with Crippen LogP contribution < -0.4 is 20.3 Å². The second kappa shape index (κ2) is 8.24. The standard InChI is InChI=1S/C20H22N2O3/c1-2-3-11-16(15-9-5-4-6-10-15)21-22-20(23)19-14-24-17-12-7-8-13-18(17)25-19/h4-13,19,21H,2-3,14H2,1H3,(H,22,23)/b16-11-/t19-/m1/s1. The molecule has 2 N–H and O–H groups in total. The fraction of sp³-hybridized carbons (Fsp3) is 0.250. The average Bonchev–Trinajstić information content (AvgIpc) is 2.68. The molecule has 25 heavy (non-hydrogen) atoms. The first kappa shape index (κ1) is 16.9. The van der Waals surface area contributed by atoms with Crippen LogP contribution in [0.4, 0.5) is 0 Å². The SMILES string of the molecule is CCC/C=C(\NNC(=O)[C@H]1COc2ccccc2O1)c1ccccc1. The number of unbranched alkanes of at least 4 members (excludes halogenated alkanes) is 1. The Hall–Kier alpha value is -2.95. The molecule has 0 radical (unpaired) electrons. The van der Waals surface area contributed by atoms with E-state index in [0.29, 0.717) is 11.5 Å². The average molecular weight is 338 g/mol. The summed E-state index contributed by atoms with van der Waals surface area (Å²) < 4.78 is 11.3. The van der Waals surface area contributed by atoms with Gasteiger partial charge in [-0.15, -0.1) is 0 Å². The second-order valence-electron chi connectivity index (χ2n) is 5.75. The Labute approximate surface area is 147 Å². The van der Waals surface area contributed by atoms with E-state index in [1.807, 2.05) is 48.5 Å². The van der Waals surface area contributed by atoms with Crippen LogP contribution in [0.25, 0.3) is 5.70 Å². The van der Waals surface area contributed by atoms with Crippen LogP contribution in [0.3, 0.4) is 0 Å². The molecule has 0 saturated heterocycles. The van der Waals surface area contributed by atoms with E-state index < -0.39 is 6.10 Å². The van der Waals surface area contributed by atoms with Crippen molar-refractivity contribution in [3.63, 3.8) is 0 Å². The molecule has 2 aromatic carbocycles. The number of ether oxygens (including phenoxy) is 2. The fourth-order valence-corrected chi connectivity index (χ4v) is 2.51. The largest absolute Gasteiger partial charge is 0.485 e. The number of hydrogen-bond acceptors (Lipinski definition) is 4. The molecule has 0 aromatic heterocycles. The molecule has 5 nitrogen and oxygen atoms in total. The number of carbonyl (C=O) groups excluding carboxylic acids is 1. The van der Waals surface area contributed by atoms with Crippen LogP contribution in [-0.4, -0.2) is 18.6 Å². The zero-order valence-electron chi connectivity index (χ0n) is 14.2. The summed E-state index contributed by atoms with van der Waals surface area (Å²) in [7, 11) is 0. The van der Waals surface area contributed by atoms with E-state index in [2.05, 4.69) is 23.9 Å². The van der Waals surface area contributed by atoms with Crippen LogP contribution in [-0.2, 0) is 4.79 Å². The topological polar surface area (TPSA) is 59.6 Å². The van der Waals surface area contributed by atoms with Crippen molar-refractivity contribution >= 4 is 11.6 Å². The molecule has 0 saturated carbocycles. The van der Waals surface area contributed by atoms with Gasteiger partial charge in [-0.2, -0.15) is 0 Å². The molecule has 5 heteroatoms. The number of benzene rings is 2. The van der Waals surface area contributed by atoms with Gasteiger partial charge < -0.3 is 9.47 Å². The molecule has 1 aliphatic heterocycles. The molecule has 2 aromatic rings. The maximum Gasteiger partial charge on any atom is 0.282 e. The first-order valence-corrected chi connectivity index (χ1v) is 8.48. The lowest BCUT2D eigenvalue weighted by molar-refractivity contribution is -0.131. The predicted molar refractivity (Wildman–Crippen MR) is 97.0 cm³/mol. The number of carbonyl (C=O) groups is 1. The normalized spacial score (nSPS) is 16.2. The quantitative estimate of drug-likeness (QED) is 0.794. The molecule has 1 atom stereocenters. The lowest BCUT2D eigenvalue weighted by Crippen LogP contribution is -2.48. The Balaban J connectivity index is 1.62. The van der Waals surface area contributed by atoms with Gasteiger partial charge >= 0.3 is 0 Å². The molecule has 0 unspecified atom stereocenters. The first-order chi connectivity index (χ1) is 12.3. The van der Waals surface area contributed by atoms with Gasteiger partial charge in [0, 0.05) is 0 Å². The van der Waals surface area contributed by atoms with Crippen LogP contribution in [0.1, 0.15) is 25.3 Å². The van der Waals surface area contributed by atoms with Gasteiger partial charge in [0.25, 0.3) is 5.91 Å². The van der Waals surface area contributed by atoms with E-state index in [0.717, 1.165) is 24.1 Å². The Morgan fingerprint density at radius 1 is 1.08 bits per heavy atom. The van der Waals surface area contributed by atoms with E-state index >= 15 is 0 Å². The monoisotopic (exact) mass is 338 g/mol. The summed E-state index contributed by atoms with van der Waals surface area (Å²) in [6, 6.07) is 17.2. The van der Waals surface area contributed by atoms with Crippen LogP contribution in [0.15, 0.2) is 60.7 Å². The third-order valence-electron chi connectivity index (χ3n) is 3.84. The number of hydrazine groups is 1. The van der Waals surface area contributed by atoms with E-state index in [1.54, 1.807) is 6.07 Å². The molecular formula is C20H22N2O3. The minimum absolute atomic E-state index is 0.184. The van der Waals surface area contributed by atoms with Crippen LogP contribution in [0, 0.1) is 0 Å². The highest BCUT2D eigenvalue weighted by atomic mass is 16.6. The maximum atomic E-state index is 12.4. The Bertz CT molecular complexity index is 744.